The summed E-state index contributed by atoms with van der Waals surface area (Å²) in [5, 5.41) is 19.3. The maximum atomic E-state index is 11.9. The molecule has 2 rings (SSSR count). The lowest BCUT2D eigenvalue weighted by molar-refractivity contribution is -0.142. The molecule has 4 unspecified atom stereocenters. The Hall–Kier alpha value is -0.410. The predicted octanol–water partition coefficient (Wildman–Crippen LogP) is 1.76. The number of aliphatic hydroxyl groups is 2. The summed E-state index contributed by atoms with van der Waals surface area (Å²) in [7, 11) is 0. The van der Waals surface area contributed by atoms with E-state index in [1.165, 1.54) is 0 Å². The normalized spacial score (nSPS) is 44.8. The van der Waals surface area contributed by atoms with E-state index in [0.29, 0.717) is 18.8 Å². The van der Waals surface area contributed by atoms with Crippen molar-refractivity contribution in [2.45, 2.75) is 52.6 Å². The first kappa shape index (κ1) is 13.0. The van der Waals surface area contributed by atoms with Crippen molar-refractivity contribution in [3.8, 4) is 0 Å². The van der Waals surface area contributed by atoms with Crippen molar-refractivity contribution in [3.05, 3.63) is 0 Å². The van der Waals surface area contributed by atoms with E-state index in [0.717, 1.165) is 12.8 Å². The van der Waals surface area contributed by atoms with Gasteiger partial charge < -0.3 is 10.2 Å². The molecule has 2 fully saturated rings. The highest BCUT2D eigenvalue weighted by molar-refractivity contribution is 5.85. The van der Waals surface area contributed by atoms with Crippen LogP contribution >= 0.6 is 0 Å². The molecule has 17 heavy (non-hydrogen) atoms. The molecule has 0 heterocycles. The van der Waals surface area contributed by atoms with Crippen LogP contribution in [0.4, 0.5) is 0 Å². The van der Waals surface area contributed by atoms with E-state index >= 15 is 0 Å². The zero-order valence-electron chi connectivity index (χ0n) is 11.1. The zero-order valence-corrected chi connectivity index (χ0v) is 11.1. The molecule has 3 heteroatoms. The number of hydrogen-bond donors (Lipinski definition) is 2. The fourth-order valence-electron chi connectivity index (χ4n) is 4.11. The SMILES string of the molecule is CC1(C)CC2C(O)C(=O)CC(C)(CCO)C2C1. The van der Waals surface area contributed by atoms with Crippen molar-refractivity contribution in [1.82, 2.24) is 0 Å². The Morgan fingerprint density at radius 3 is 2.53 bits per heavy atom. The summed E-state index contributed by atoms with van der Waals surface area (Å²) in [6.07, 6.45) is 2.30. The van der Waals surface area contributed by atoms with Crippen LogP contribution in [-0.4, -0.2) is 28.7 Å². The van der Waals surface area contributed by atoms with Crippen LogP contribution in [0.3, 0.4) is 0 Å². The molecule has 2 aliphatic rings. The molecule has 0 saturated heterocycles. The minimum Gasteiger partial charge on any atom is -0.396 e. The fraction of sp³-hybridized carbons (Fsp3) is 0.929. The lowest BCUT2D eigenvalue weighted by Crippen LogP contribution is -2.47. The molecule has 0 aromatic rings. The number of aliphatic hydroxyl groups excluding tert-OH is 2. The van der Waals surface area contributed by atoms with Gasteiger partial charge in [-0.05, 0) is 41.9 Å². The molecule has 2 saturated carbocycles. The Morgan fingerprint density at radius 1 is 1.29 bits per heavy atom. The molecule has 0 bridgehead atoms. The van der Waals surface area contributed by atoms with Gasteiger partial charge in [-0.15, -0.1) is 0 Å². The fourth-order valence-corrected chi connectivity index (χ4v) is 4.11. The average Bonchev–Trinajstić information content (AvgIpc) is 2.53. The maximum Gasteiger partial charge on any atom is 0.162 e. The van der Waals surface area contributed by atoms with Crippen LogP contribution in [0, 0.1) is 22.7 Å². The molecule has 98 valence electrons. The summed E-state index contributed by atoms with van der Waals surface area (Å²) < 4.78 is 0. The van der Waals surface area contributed by atoms with Gasteiger partial charge in [0.1, 0.15) is 6.10 Å². The number of fused-ring (bicyclic) bond motifs is 1. The highest BCUT2D eigenvalue weighted by Gasteiger charge is 2.55. The lowest BCUT2D eigenvalue weighted by Gasteiger charge is -2.44. The van der Waals surface area contributed by atoms with Crippen LogP contribution in [0.25, 0.3) is 0 Å². The molecular formula is C14H24O3. The van der Waals surface area contributed by atoms with E-state index in [9.17, 15) is 15.0 Å². The molecule has 4 atom stereocenters. The number of Topliss-reactive ketones (excluding diaryl/α,β-unsaturated/α-hetero) is 1. The summed E-state index contributed by atoms with van der Waals surface area (Å²) in [5.41, 5.74) is 0.0845. The minimum absolute atomic E-state index is 0.0279. The Balaban J connectivity index is 2.29. The van der Waals surface area contributed by atoms with E-state index in [4.69, 9.17) is 0 Å². The molecule has 2 aliphatic carbocycles. The van der Waals surface area contributed by atoms with Crippen LogP contribution in [0.2, 0.25) is 0 Å². The second-order valence-electron chi connectivity index (χ2n) is 7.06. The summed E-state index contributed by atoms with van der Waals surface area (Å²) >= 11 is 0. The van der Waals surface area contributed by atoms with Gasteiger partial charge in [0.25, 0.3) is 0 Å². The average molecular weight is 240 g/mol. The Kier molecular flexibility index (Phi) is 3.11. The third kappa shape index (κ3) is 2.15. The van der Waals surface area contributed by atoms with Crippen molar-refractivity contribution in [2.24, 2.45) is 22.7 Å². The third-order valence-corrected chi connectivity index (χ3v) is 4.97. The smallest absolute Gasteiger partial charge is 0.162 e. The Labute approximate surface area is 103 Å². The van der Waals surface area contributed by atoms with Gasteiger partial charge in [0.2, 0.25) is 0 Å². The Morgan fingerprint density at radius 2 is 1.94 bits per heavy atom. The van der Waals surface area contributed by atoms with Gasteiger partial charge in [-0.1, -0.05) is 20.8 Å². The van der Waals surface area contributed by atoms with Gasteiger partial charge in [-0.3, -0.25) is 4.79 Å². The maximum absolute atomic E-state index is 11.9. The first-order valence-electron chi connectivity index (χ1n) is 6.61. The van der Waals surface area contributed by atoms with Crippen LogP contribution < -0.4 is 0 Å². The highest BCUT2D eigenvalue weighted by Crippen LogP contribution is 2.58. The van der Waals surface area contributed by atoms with Crippen LogP contribution in [0.5, 0.6) is 0 Å². The van der Waals surface area contributed by atoms with Crippen molar-refractivity contribution in [3.63, 3.8) is 0 Å². The van der Waals surface area contributed by atoms with Gasteiger partial charge in [0, 0.05) is 13.0 Å². The summed E-state index contributed by atoms with van der Waals surface area (Å²) in [6.45, 7) is 6.65. The molecule has 0 aliphatic heterocycles. The Bertz CT molecular complexity index is 323. The van der Waals surface area contributed by atoms with Gasteiger partial charge >= 0.3 is 0 Å². The number of rotatable bonds is 2. The first-order chi connectivity index (χ1) is 7.79. The number of hydrogen-bond acceptors (Lipinski definition) is 3. The lowest BCUT2D eigenvalue weighted by atomic mass is 9.61. The quantitative estimate of drug-likeness (QED) is 0.773. The molecule has 0 amide bonds. The van der Waals surface area contributed by atoms with Crippen molar-refractivity contribution in [2.75, 3.05) is 6.61 Å². The topological polar surface area (TPSA) is 57.5 Å². The van der Waals surface area contributed by atoms with Crippen molar-refractivity contribution >= 4 is 5.78 Å². The second kappa shape index (κ2) is 4.06. The summed E-state index contributed by atoms with van der Waals surface area (Å²) in [4.78, 5) is 11.9. The van der Waals surface area contributed by atoms with Gasteiger partial charge in [0.15, 0.2) is 5.78 Å². The number of carbonyl (C=O) groups is 1. The number of ketones is 1. The van der Waals surface area contributed by atoms with E-state index in [-0.39, 0.29) is 29.1 Å². The second-order valence-corrected chi connectivity index (χ2v) is 7.06. The third-order valence-electron chi connectivity index (χ3n) is 4.97. The molecule has 3 nitrogen and oxygen atoms in total. The predicted molar refractivity (Wildman–Crippen MR) is 65.4 cm³/mol. The first-order valence-corrected chi connectivity index (χ1v) is 6.61. The molecule has 0 spiro atoms. The molecule has 0 radical (unpaired) electrons. The minimum atomic E-state index is -0.770. The van der Waals surface area contributed by atoms with Gasteiger partial charge in [0.05, 0.1) is 0 Å². The zero-order chi connectivity index (χ0) is 12.8. The van der Waals surface area contributed by atoms with Gasteiger partial charge in [-0.25, -0.2) is 0 Å². The van der Waals surface area contributed by atoms with E-state index in [1.54, 1.807) is 0 Å². The van der Waals surface area contributed by atoms with E-state index in [2.05, 4.69) is 20.8 Å². The van der Waals surface area contributed by atoms with E-state index in [1.807, 2.05) is 0 Å². The molecule has 0 aromatic heterocycles. The monoisotopic (exact) mass is 240 g/mol. The molecule has 0 aromatic carbocycles. The van der Waals surface area contributed by atoms with Crippen molar-refractivity contribution < 1.29 is 15.0 Å². The van der Waals surface area contributed by atoms with Gasteiger partial charge in [-0.2, -0.15) is 0 Å². The standard InChI is InChI=1S/C14H24O3/c1-13(2)6-9-10(7-13)14(3,4-5-15)8-11(16)12(9)17/h9-10,12,15,17H,4-8H2,1-3H3. The van der Waals surface area contributed by atoms with Crippen LogP contribution in [0.15, 0.2) is 0 Å². The number of carbonyl (C=O) groups excluding carboxylic acids is 1. The van der Waals surface area contributed by atoms with Crippen LogP contribution in [0.1, 0.15) is 46.5 Å². The molecule has 2 N–H and O–H groups in total. The molecular weight excluding hydrogens is 216 g/mol. The van der Waals surface area contributed by atoms with Crippen LogP contribution in [-0.2, 0) is 4.79 Å². The largest absolute Gasteiger partial charge is 0.396 e. The van der Waals surface area contributed by atoms with Crippen molar-refractivity contribution in [1.29, 1.82) is 0 Å². The van der Waals surface area contributed by atoms with E-state index < -0.39 is 6.10 Å². The highest BCUT2D eigenvalue weighted by atomic mass is 16.3. The summed E-state index contributed by atoms with van der Waals surface area (Å²) in [5.74, 6) is 0.444. The summed E-state index contributed by atoms with van der Waals surface area (Å²) in [6, 6.07) is 0.